The van der Waals surface area contributed by atoms with E-state index in [-0.39, 0.29) is 6.04 Å². The predicted molar refractivity (Wildman–Crippen MR) is 80.5 cm³/mol. The van der Waals surface area contributed by atoms with Crippen LogP contribution in [0.5, 0.6) is 0 Å². The summed E-state index contributed by atoms with van der Waals surface area (Å²) >= 11 is 6.34. The van der Waals surface area contributed by atoms with Crippen LogP contribution in [0.15, 0.2) is 0 Å². The second-order valence-electron chi connectivity index (χ2n) is 5.87. The molecule has 1 fully saturated rings. The molecule has 1 atom stereocenters. The molecule has 1 aromatic rings. The molecule has 19 heavy (non-hydrogen) atoms. The average Bonchev–Trinajstić information content (AvgIpc) is 2.67. The third kappa shape index (κ3) is 3.73. The molecule has 0 spiro atoms. The summed E-state index contributed by atoms with van der Waals surface area (Å²) in [6, 6.07) is 0.210. The summed E-state index contributed by atoms with van der Waals surface area (Å²) < 4.78 is 2.00. The molecule has 1 aliphatic carbocycles. The van der Waals surface area contributed by atoms with Crippen molar-refractivity contribution in [1.82, 2.24) is 9.78 Å². The highest BCUT2D eigenvalue weighted by Crippen LogP contribution is 2.28. The predicted octanol–water partition coefficient (Wildman–Crippen LogP) is 3.71. The van der Waals surface area contributed by atoms with Gasteiger partial charge in [0.1, 0.15) is 0 Å². The van der Waals surface area contributed by atoms with Crippen LogP contribution < -0.4 is 5.73 Å². The number of aromatic nitrogens is 2. The highest BCUT2D eigenvalue weighted by Gasteiger charge is 2.20. The zero-order valence-corrected chi connectivity index (χ0v) is 12.9. The van der Waals surface area contributed by atoms with Crippen molar-refractivity contribution in [3.63, 3.8) is 0 Å². The summed E-state index contributed by atoms with van der Waals surface area (Å²) in [6.07, 6.45) is 8.85. The van der Waals surface area contributed by atoms with Crippen LogP contribution in [0.4, 0.5) is 0 Å². The largest absolute Gasteiger partial charge is 0.327 e. The highest BCUT2D eigenvalue weighted by molar-refractivity contribution is 6.31. The van der Waals surface area contributed by atoms with E-state index in [4.69, 9.17) is 17.3 Å². The molecule has 0 aliphatic heterocycles. The van der Waals surface area contributed by atoms with Crippen LogP contribution in [0.25, 0.3) is 0 Å². The first-order valence-electron chi connectivity index (χ1n) is 7.59. The molecule has 0 aromatic carbocycles. The Hall–Kier alpha value is -0.540. The molecule has 1 saturated carbocycles. The SMILES string of the molecule is CCn1nc(C)c(Cl)c1CC(N)CC1CCCCC1. The van der Waals surface area contributed by atoms with Gasteiger partial charge in [0, 0.05) is 19.0 Å². The van der Waals surface area contributed by atoms with Gasteiger partial charge in [-0.15, -0.1) is 0 Å². The summed E-state index contributed by atoms with van der Waals surface area (Å²) in [4.78, 5) is 0. The maximum atomic E-state index is 6.34. The first-order valence-corrected chi connectivity index (χ1v) is 7.97. The molecule has 4 heteroatoms. The molecule has 1 unspecified atom stereocenters. The van der Waals surface area contributed by atoms with Crippen LogP contribution in [0.2, 0.25) is 5.02 Å². The Labute approximate surface area is 121 Å². The minimum atomic E-state index is 0.210. The number of rotatable bonds is 5. The summed E-state index contributed by atoms with van der Waals surface area (Å²) in [5.41, 5.74) is 8.37. The molecule has 1 heterocycles. The number of hydrogen-bond acceptors (Lipinski definition) is 2. The van der Waals surface area contributed by atoms with E-state index >= 15 is 0 Å². The summed E-state index contributed by atoms with van der Waals surface area (Å²) in [5.74, 6) is 0.821. The number of nitrogens with zero attached hydrogens (tertiary/aromatic N) is 2. The van der Waals surface area contributed by atoms with Crippen molar-refractivity contribution in [3.8, 4) is 0 Å². The van der Waals surface area contributed by atoms with Crippen LogP contribution >= 0.6 is 11.6 Å². The maximum absolute atomic E-state index is 6.34. The molecule has 2 N–H and O–H groups in total. The van der Waals surface area contributed by atoms with E-state index in [1.165, 1.54) is 32.1 Å². The van der Waals surface area contributed by atoms with Gasteiger partial charge in [-0.1, -0.05) is 43.7 Å². The van der Waals surface area contributed by atoms with Crippen molar-refractivity contribution < 1.29 is 0 Å². The van der Waals surface area contributed by atoms with Crippen LogP contribution in [-0.4, -0.2) is 15.8 Å². The highest BCUT2D eigenvalue weighted by atomic mass is 35.5. The van der Waals surface area contributed by atoms with Crippen molar-refractivity contribution in [2.24, 2.45) is 11.7 Å². The molecular weight excluding hydrogens is 258 g/mol. The Morgan fingerprint density at radius 3 is 2.68 bits per heavy atom. The summed E-state index contributed by atoms with van der Waals surface area (Å²) in [5, 5.41) is 5.26. The third-order valence-corrected chi connectivity index (χ3v) is 4.76. The van der Waals surface area contributed by atoms with E-state index in [2.05, 4.69) is 12.0 Å². The zero-order chi connectivity index (χ0) is 13.8. The molecule has 0 saturated heterocycles. The van der Waals surface area contributed by atoms with Gasteiger partial charge >= 0.3 is 0 Å². The first-order chi connectivity index (χ1) is 9.11. The van der Waals surface area contributed by atoms with E-state index < -0.39 is 0 Å². The van der Waals surface area contributed by atoms with Crippen molar-refractivity contribution in [1.29, 1.82) is 0 Å². The van der Waals surface area contributed by atoms with E-state index in [0.29, 0.717) is 0 Å². The number of aryl methyl sites for hydroxylation is 2. The Balaban J connectivity index is 1.96. The van der Waals surface area contributed by atoms with Crippen molar-refractivity contribution in [3.05, 3.63) is 16.4 Å². The number of hydrogen-bond donors (Lipinski definition) is 1. The van der Waals surface area contributed by atoms with E-state index in [9.17, 15) is 0 Å². The monoisotopic (exact) mass is 283 g/mol. The van der Waals surface area contributed by atoms with Gasteiger partial charge in [0.05, 0.1) is 16.4 Å². The number of halogens is 1. The lowest BCUT2D eigenvalue weighted by molar-refractivity contribution is 0.315. The van der Waals surface area contributed by atoms with Gasteiger partial charge in [0.25, 0.3) is 0 Å². The van der Waals surface area contributed by atoms with Gasteiger partial charge < -0.3 is 5.73 Å². The van der Waals surface area contributed by atoms with Gasteiger partial charge in [-0.2, -0.15) is 5.10 Å². The molecule has 2 rings (SSSR count). The quantitative estimate of drug-likeness (QED) is 0.895. The maximum Gasteiger partial charge on any atom is 0.0847 e. The molecule has 1 aliphatic rings. The minimum Gasteiger partial charge on any atom is -0.327 e. The van der Waals surface area contributed by atoms with Gasteiger partial charge in [0.15, 0.2) is 0 Å². The van der Waals surface area contributed by atoms with Crippen LogP contribution in [0.3, 0.4) is 0 Å². The average molecular weight is 284 g/mol. The zero-order valence-electron chi connectivity index (χ0n) is 12.2. The minimum absolute atomic E-state index is 0.210. The fourth-order valence-electron chi connectivity index (χ4n) is 3.25. The lowest BCUT2D eigenvalue weighted by Gasteiger charge is -2.24. The first kappa shape index (κ1) is 14.9. The number of nitrogens with two attached hydrogens (primary N) is 1. The Morgan fingerprint density at radius 1 is 1.37 bits per heavy atom. The Morgan fingerprint density at radius 2 is 2.05 bits per heavy atom. The van der Waals surface area contributed by atoms with E-state index in [1.54, 1.807) is 0 Å². The third-order valence-electron chi connectivity index (χ3n) is 4.27. The van der Waals surface area contributed by atoms with Crippen LogP contribution in [0, 0.1) is 12.8 Å². The normalized spacial score (nSPS) is 18.7. The second-order valence-corrected chi connectivity index (χ2v) is 6.24. The van der Waals surface area contributed by atoms with Gasteiger partial charge in [-0.3, -0.25) is 4.68 Å². The Kier molecular flexibility index (Phi) is 5.28. The van der Waals surface area contributed by atoms with Crippen molar-refractivity contribution >= 4 is 11.6 Å². The summed E-state index contributed by atoms with van der Waals surface area (Å²) in [6.45, 7) is 4.92. The standard InChI is InChI=1S/C15H26ClN3/c1-3-19-14(15(16)11(2)18-19)10-13(17)9-12-7-5-4-6-8-12/h12-13H,3-10,17H2,1-2H3. The van der Waals surface area contributed by atoms with Gasteiger partial charge in [0.2, 0.25) is 0 Å². The second kappa shape index (κ2) is 6.76. The molecule has 108 valence electrons. The fraction of sp³-hybridized carbons (Fsp3) is 0.800. The van der Waals surface area contributed by atoms with Crippen molar-refractivity contribution in [2.45, 2.75) is 71.4 Å². The van der Waals surface area contributed by atoms with Crippen LogP contribution in [-0.2, 0) is 13.0 Å². The summed E-state index contributed by atoms with van der Waals surface area (Å²) in [7, 11) is 0. The Bertz CT molecular complexity index is 408. The van der Waals surface area contributed by atoms with E-state index in [1.807, 2.05) is 11.6 Å². The lowest BCUT2D eigenvalue weighted by atomic mass is 9.84. The molecule has 0 bridgehead atoms. The molecule has 3 nitrogen and oxygen atoms in total. The smallest absolute Gasteiger partial charge is 0.0847 e. The van der Waals surface area contributed by atoms with E-state index in [0.717, 1.165) is 41.7 Å². The van der Waals surface area contributed by atoms with Crippen molar-refractivity contribution in [2.75, 3.05) is 0 Å². The van der Waals surface area contributed by atoms with Crippen LogP contribution in [0.1, 0.15) is 56.8 Å². The van der Waals surface area contributed by atoms with Gasteiger partial charge in [-0.05, 0) is 26.2 Å². The van der Waals surface area contributed by atoms with Gasteiger partial charge in [-0.25, -0.2) is 0 Å². The lowest BCUT2D eigenvalue weighted by Crippen LogP contribution is -2.28. The fourth-order valence-corrected chi connectivity index (χ4v) is 3.46. The molecule has 0 radical (unpaired) electrons. The molecule has 1 aromatic heterocycles. The molecule has 0 amide bonds. The topological polar surface area (TPSA) is 43.8 Å². The molecular formula is C15H26ClN3.